The van der Waals surface area contributed by atoms with Crippen molar-refractivity contribution in [1.29, 1.82) is 0 Å². The molecule has 1 aromatic heterocycles. The average molecular weight is 357 g/mol. The predicted octanol–water partition coefficient (Wildman–Crippen LogP) is 2.73. The zero-order valence-corrected chi connectivity index (χ0v) is 14.7. The molecule has 0 saturated carbocycles. The van der Waals surface area contributed by atoms with Gasteiger partial charge in [0.1, 0.15) is 4.47 Å². The molecule has 1 saturated heterocycles. The number of piperidine rings is 1. The SMILES string of the molecule is CCN1CCC(CNc2cnn(C(C)C)c(=O)c2Br)CC1. The van der Waals surface area contributed by atoms with Crippen LogP contribution in [-0.2, 0) is 0 Å². The molecule has 1 aliphatic heterocycles. The second-order valence-corrected chi connectivity index (χ2v) is 6.77. The van der Waals surface area contributed by atoms with Gasteiger partial charge in [0.2, 0.25) is 0 Å². The number of aromatic nitrogens is 2. The van der Waals surface area contributed by atoms with Crippen molar-refractivity contribution >= 4 is 21.6 Å². The van der Waals surface area contributed by atoms with Crippen LogP contribution in [0.4, 0.5) is 5.69 Å². The Labute approximate surface area is 134 Å². The zero-order valence-electron chi connectivity index (χ0n) is 13.1. The molecule has 1 fully saturated rings. The van der Waals surface area contributed by atoms with Crippen LogP contribution in [0.25, 0.3) is 0 Å². The van der Waals surface area contributed by atoms with E-state index in [1.807, 2.05) is 13.8 Å². The van der Waals surface area contributed by atoms with Crippen molar-refractivity contribution in [3.05, 3.63) is 21.0 Å². The number of rotatable bonds is 5. The van der Waals surface area contributed by atoms with E-state index < -0.39 is 0 Å². The minimum atomic E-state index is -0.0733. The quantitative estimate of drug-likeness (QED) is 0.881. The molecule has 0 radical (unpaired) electrons. The van der Waals surface area contributed by atoms with E-state index in [9.17, 15) is 4.79 Å². The Balaban J connectivity index is 1.95. The first-order valence-corrected chi connectivity index (χ1v) is 8.55. The molecular weight excluding hydrogens is 332 g/mol. The fourth-order valence-electron chi connectivity index (χ4n) is 2.70. The van der Waals surface area contributed by atoms with Crippen LogP contribution in [0.1, 0.15) is 39.7 Å². The summed E-state index contributed by atoms with van der Waals surface area (Å²) < 4.78 is 2.08. The van der Waals surface area contributed by atoms with Crippen molar-refractivity contribution in [3.63, 3.8) is 0 Å². The lowest BCUT2D eigenvalue weighted by Gasteiger charge is -2.31. The summed E-state index contributed by atoms with van der Waals surface area (Å²) >= 11 is 3.40. The number of anilines is 1. The third kappa shape index (κ3) is 4.07. The Bertz CT molecular complexity index is 521. The van der Waals surface area contributed by atoms with E-state index in [-0.39, 0.29) is 11.6 Å². The van der Waals surface area contributed by atoms with Crippen LogP contribution in [0.2, 0.25) is 0 Å². The van der Waals surface area contributed by atoms with E-state index in [4.69, 9.17) is 0 Å². The summed E-state index contributed by atoms with van der Waals surface area (Å²) in [6, 6.07) is 0.0706. The fraction of sp³-hybridized carbons (Fsp3) is 0.733. The molecule has 1 aromatic rings. The van der Waals surface area contributed by atoms with Gasteiger partial charge in [0.15, 0.2) is 0 Å². The van der Waals surface area contributed by atoms with Gasteiger partial charge in [0.05, 0.1) is 17.9 Å². The van der Waals surface area contributed by atoms with Crippen LogP contribution in [-0.4, -0.2) is 40.9 Å². The number of hydrogen-bond acceptors (Lipinski definition) is 4. The minimum Gasteiger partial charge on any atom is -0.382 e. The van der Waals surface area contributed by atoms with Crippen LogP contribution < -0.4 is 10.9 Å². The highest BCUT2D eigenvalue weighted by Gasteiger charge is 2.18. The summed E-state index contributed by atoms with van der Waals surface area (Å²) in [4.78, 5) is 14.7. The molecule has 0 amide bonds. The second-order valence-electron chi connectivity index (χ2n) is 5.97. The maximum atomic E-state index is 12.2. The van der Waals surface area contributed by atoms with Gasteiger partial charge in [-0.2, -0.15) is 5.10 Å². The van der Waals surface area contributed by atoms with Crippen molar-refractivity contribution in [2.75, 3.05) is 31.5 Å². The van der Waals surface area contributed by atoms with Crippen LogP contribution >= 0.6 is 15.9 Å². The molecule has 0 spiro atoms. The van der Waals surface area contributed by atoms with E-state index in [2.05, 4.69) is 38.2 Å². The lowest BCUT2D eigenvalue weighted by molar-refractivity contribution is 0.198. The van der Waals surface area contributed by atoms with Crippen LogP contribution in [0, 0.1) is 5.92 Å². The number of nitrogens with zero attached hydrogens (tertiary/aromatic N) is 3. The van der Waals surface area contributed by atoms with Gasteiger partial charge in [-0.3, -0.25) is 4.79 Å². The number of hydrogen-bond donors (Lipinski definition) is 1. The lowest BCUT2D eigenvalue weighted by atomic mass is 9.97. The molecular formula is C15H25BrN4O. The van der Waals surface area contributed by atoms with E-state index in [0.29, 0.717) is 10.4 Å². The summed E-state index contributed by atoms with van der Waals surface area (Å²) in [6.45, 7) is 10.5. The summed E-state index contributed by atoms with van der Waals surface area (Å²) in [5, 5.41) is 7.61. The topological polar surface area (TPSA) is 50.2 Å². The molecule has 0 unspecified atom stereocenters. The number of likely N-dealkylation sites (tertiary alicyclic amines) is 1. The Morgan fingerprint density at radius 3 is 2.67 bits per heavy atom. The number of nitrogens with one attached hydrogen (secondary N) is 1. The van der Waals surface area contributed by atoms with E-state index in [1.165, 1.54) is 30.6 Å². The maximum absolute atomic E-state index is 12.2. The molecule has 1 N–H and O–H groups in total. The molecule has 0 aliphatic carbocycles. The van der Waals surface area contributed by atoms with Crippen molar-refractivity contribution in [2.45, 2.75) is 39.7 Å². The first-order valence-electron chi connectivity index (χ1n) is 7.76. The normalized spacial score (nSPS) is 17.4. The molecule has 118 valence electrons. The smallest absolute Gasteiger partial charge is 0.283 e. The van der Waals surface area contributed by atoms with Crippen LogP contribution in [0.3, 0.4) is 0 Å². The van der Waals surface area contributed by atoms with Crippen molar-refractivity contribution in [1.82, 2.24) is 14.7 Å². The Morgan fingerprint density at radius 2 is 2.10 bits per heavy atom. The summed E-state index contributed by atoms with van der Waals surface area (Å²) in [5.74, 6) is 0.673. The van der Waals surface area contributed by atoms with Gasteiger partial charge in [0, 0.05) is 6.54 Å². The highest BCUT2D eigenvalue weighted by molar-refractivity contribution is 9.10. The first kappa shape index (κ1) is 16.5. The first-order chi connectivity index (χ1) is 10.0. The fourth-order valence-corrected chi connectivity index (χ4v) is 3.12. The highest BCUT2D eigenvalue weighted by atomic mass is 79.9. The van der Waals surface area contributed by atoms with E-state index in [1.54, 1.807) is 6.20 Å². The molecule has 6 heteroatoms. The van der Waals surface area contributed by atoms with Crippen molar-refractivity contribution < 1.29 is 0 Å². The predicted molar refractivity (Wildman–Crippen MR) is 89.9 cm³/mol. The van der Waals surface area contributed by atoms with Gasteiger partial charge in [-0.25, -0.2) is 4.68 Å². The van der Waals surface area contributed by atoms with Crippen molar-refractivity contribution in [2.24, 2.45) is 5.92 Å². The Kier molecular flexibility index (Phi) is 5.81. The third-order valence-electron chi connectivity index (χ3n) is 4.17. The summed E-state index contributed by atoms with van der Waals surface area (Å²) in [6.07, 6.45) is 4.18. The molecule has 0 aromatic carbocycles. The van der Waals surface area contributed by atoms with Gasteiger partial charge >= 0.3 is 0 Å². The second kappa shape index (κ2) is 7.40. The van der Waals surface area contributed by atoms with Crippen LogP contribution in [0.15, 0.2) is 15.5 Å². The van der Waals surface area contributed by atoms with E-state index in [0.717, 1.165) is 18.8 Å². The Morgan fingerprint density at radius 1 is 1.43 bits per heavy atom. The highest BCUT2D eigenvalue weighted by Crippen LogP contribution is 2.21. The van der Waals surface area contributed by atoms with Gasteiger partial charge in [0.25, 0.3) is 5.56 Å². The molecule has 21 heavy (non-hydrogen) atoms. The lowest BCUT2D eigenvalue weighted by Crippen LogP contribution is -2.35. The third-order valence-corrected chi connectivity index (χ3v) is 4.93. The maximum Gasteiger partial charge on any atom is 0.283 e. The Hall–Kier alpha value is -0.880. The standard InChI is InChI=1S/C15H25BrN4O/c1-4-19-7-5-12(6-8-19)9-17-13-10-18-20(11(2)3)15(21)14(13)16/h10-12,17H,4-9H2,1-3H3. The molecule has 0 atom stereocenters. The zero-order chi connectivity index (χ0) is 15.4. The van der Waals surface area contributed by atoms with Gasteiger partial charge < -0.3 is 10.2 Å². The average Bonchev–Trinajstić information content (AvgIpc) is 2.49. The number of halogens is 1. The van der Waals surface area contributed by atoms with Crippen molar-refractivity contribution in [3.8, 4) is 0 Å². The van der Waals surface area contributed by atoms with E-state index >= 15 is 0 Å². The molecule has 1 aliphatic rings. The molecule has 2 heterocycles. The molecule has 0 bridgehead atoms. The van der Waals surface area contributed by atoms with Gasteiger partial charge in [-0.15, -0.1) is 0 Å². The summed E-state index contributed by atoms with van der Waals surface area (Å²) in [5.41, 5.74) is 0.727. The van der Waals surface area contributed by atoms with Gasteiger partial charge in [-0.05, 0) is 68.2 Å². The van der Waals surface area contributed by atoms with Gasteiger partial charge in [-0.1, -0.05) is 6.92 Å². The monoisotopic (exact) mass is 356 g/mol. The molecule has 2 rings (SSSR count). The van der Waals surface area contributed by atoms with Crippen LogP contribution in [0.5, 0.6) is 0 Å². The molecule has 5 nitrogen and oxygen atoms in total. The minimum absolute atomic E-state index is 0.0706. The largest absolute Gasteiger partial charge is 0.382 e. The summed E-state index contributed by atoms with van der Waals surface area (Å²) in [7, 11) is 0.